The fourth-order valence-corrected chi connectivity index (χ4v) is 3.51. The van der Waals surface area contributed by atoms with Crippen molar-refractivity contribution in [2.45, 2.75) is 6.04 Å². The molecule has 3 heterocycles. The molecule has 1 N–H and O–H groups in total. The fraction of sp³-hybridized carbons (Fsp3) is 0.125. The third-order valence-corrected chi connectivity index (χ3v) is 4.94. The first-order valence-corrected chi connectivity index (χ1v) is 8.61. The number of amides is 1. The van der Waals surface area contributed by atoms with Gasteiger partial charge in [0, 0.05) is 34.8 Å². The molecule has 0 fully saturated rings. The molecule has 0 aromatic carbocycles. The summed E-state index contributed by atoms with van der Waals surface area (Å²) in [5.74, 6) is -0.0953. The van der Waals surface area contributed by atoms with Gasteiger partial charge in [-0.05, 0) is 35.0 Å². The van der Waals surface area contributed by atoms with Crippen LogP contribution in [0.25, 0.3) is 6.08 Å². The van der Waals surface area contributed by atoms with E-state index in [0.29, 0.717) is 6.54 Å². The van der Waals surface area contributed by atoms with E-state index in [0.717, 1.165) is 4.88 Å². The SMILES string of the molecule is O=C(/C=C/c1cccs1)NCC(c1cccs1)n1cccn1. The van der Waals surface area contributed by atoms with Crippen LogP contribution in [0.3, 0.4) is 0 Å². The van der Waals surface area contributed by atoms with Crippen LogP contribution in [-0.4, -0.2) is 22.2 Å². The molecule has 1 atom stereocenters. The van der Waals surface area contributed by atoms with Crippen molar-refractivity contribution in [3.63, 3.8) is 0 Å². The number of rotatable bonds is 6. The second-order valence-electron chi connectivity index (χ2n) is 4.61. The van der Waals surface area contributed by atoms with E-state index in [4.69, 9.17) is 0 Å². The Morgan fingerprint density at radius 3 is 2.82 bits per heavy atom. The topological polar surface area (TPSA) is 46.9 Å². The third kappa shape index (κ3) is 3.72. The first-order chi connectivity index (χ1) is 10.8. The summed E-state index contributed by atoms with van der Waals surface area (Å²) >= 11 is 3.27. The molecule has 0 bridgehead atoms. The predicted molar refractivity (Wildman–Crippen MR) is 91.0 cm³/mol. The molecule has 0 aliphatic heterocycles. The number of carbonyl (C=O) groups excluding carboxylic acids is 1. The molecule has 0 saturated heterocycles. The summed E-state index contributed by atoms with van der Waals surface area (Å²) in [6.07, 6.45) is 7.06. The second-order valence-corrected chi connectivity index (χ2v) is 6.57. The molecule has 4 nitrogen and oxygen atoms in total. The summed E-state index contributed by atoms with van der Waals surface area (Å²) in [5, 5.41) is 11.3. The molecule has 6 heteroatoms. The molecule has 3 rings (SSSR count). The molecule has 0 saturated carbocycles. The molecule has 3 aromatic heterocycles. The Morgan fingerprint density at radius 1 is 1.27 bits per heavy atom. The van der Waals surface area contributed by atoms with Crippen LogP contribution in [0.2, 0.25) is 0 Å². The van der Waals surface area contributed by atoms with Gasteiger partial charge in [-0.2, -0.15) is 5.10 Å². The van der Waals surface area contributed by atoms with E-state index in [1.54, 1.807) is 34.9 Å². The van der Waals surface area contributed by atoms with Crippen LogP contribution in [0.1, 0.15) is 15.8 Å². The van der Waals surface area contributed by atoms with Crippen molar-refractivity contribution in [3.05, 3.63) is 69.3 Å². The first kappa shape index (κ1) is 14.7. The molecule has 3 aromatic rings. The molecular weight excluding hydrogens is 314 g/mol. The summed E-state index contributed by atoms with van der Waals surface area (Å²) in [6, 6.07) is 9.92. The summed E-state index contributed by atoms with van der Waals surface area (Å²) in [4.78, 5) is 14.2. The highest BCUT2D eigenvalue weighted by Crippen LogP contribution is 2.21. The lowest BCUT2D eigenvalue weighted by Gasteiger charge is -2.16. The van der Waals surface area contributed by atoms with Crippen molar-refractivity contribution in [3.8, 4) is 0 Å². The zero-order valence-electron chi connectivity index (χ0n) is 11.8. The number of aromatic nitrogens is 2. The van der Waals surface area contributed by atoms with Gasteiger partial charge >= 0.3 is 0 Å². The van der Waals surface area contributed by atoms with Crippen LogP contribution >= 0.6 is 22.7 Å². The van der Waals surface area contributed by atoms with Crippen molar-refractivity contribution >= 4 is 34.7 Å². The van der Waals surface area contributed by atoms with Gasteiger partial charge in [-0.3, -0.25) is 9.48 Å². The van der Waals surface area contributed by atoms with Gasteiger partial charge in [-0.15, -0.1) is 22.7 Å². The monoisotopic (exact) mass is 329 g/mol. The fourth-order valence-electron chi connectivity index (χ4n) is 2.07. The Bertz CT molecular complexity index is 681. The summed E-state index contributed by atoms with van der Waals surface area (Å²) < 4.78 is 1.87. The summed E-state index contributed by atoms with van der Waals surface area (Å²) in [6.45, 7) is 0.510. The number of carbonyl (C=O) groups is 1. The predicted octanol–water partition coefficient (Wildman–Crippen LogP) is 3.43. The largest absolute Gasteiger partial charge is 0.350 e. The van der Waals surface area contributed by atoms with Crippen LogP contribution in [0.5, 0.6) is 0 Å². The highest BCUT2D eigenvalue weighted by atomic mass is 32.1. The van der Waals surface area contributed by atoms with Crippen molar-refractivity contribution in [1.82, 2.24) is 15.1 Å². The van der Waals surface area contributed by atoms with E-state index in [2.05, 4.69) is 16.5 Å². The van der Waals surface area contributed by atoms with Crippen molar-refractivity contribution in [2.24, 2.45) is 0 Å². The molecule has 0 spiro atoms. The van der Waals surface area contributed by atoms with Crippen molar-refractivity contribution < 1.29 is 4.79 Å². The standard InChI is InChI=1S/C16H15N3OS2/c20-16(7-6-13-4-1-10-21-13)17-12-14(15-5-2-11-22-15)19-9-3-8-18-19/h1-11,14H,12H2,(H,17,20)/b7-6+. The minimum absolute atomic E-state index is 0.0223. The van der Waals surface area contributed by atoms with E-state index in [1.165, 1.54) is 4.88 Å². The average Bonchev–Trinajstić information content (AvgIpc) is 3.27. The van der Waals surface area contributed by atoms with Crippen LogP contribution in [0.4, 0.5) is 0 Å². The van der Waals surface area contributed by atoms with Crippen LogP contribution in [0, 0.1) is 0 Å². The van der Waals surface area contributed by atoms with Gasteiger partial charge in [0.2, 0.25) is 5.91 Å². The van der Waals surface area contributed by atoms with Crippen LogP contribution < -0.4 is 5.32 Å². The van der Waals surface area contributed by atoms with Gasteiger partial charge < -0.3 is 5.32 Å². The number of hydrogen-bond acceptors (Lipinski definition) is 4. The minimum Gasteiger partial charge on any atom is -0.350 e. The van der Waals surface area contributed by atoms with Crippen LogP contribution in [0.15, 0.2) is 59.6 Å². The van der Waals surface area contributed by atoms with Gasteiger partial charge in [-0.1, -0.05) is 12.1 Å². The maximum atomic E-state index is 12.0. The Morgan fingerprint density at radius 2 is 2.14 bits per heavy atom. The zero-order valence-corrected chi connectivity index (χ0v) is 13.4. The number of nitrogens with one attached hydrogen (secondary N) is 1. The Hall–Kier alpha value is -2.18. The van der Waals surface area contributed by atoms with Gasteiger partial charge in [-0.25, -0.2) is 0 Å². The van der Waals surface area contributed by atoms with E-state index in [-0.39, 0.29) is 11.9 Å². The Labute approximate surface area is 136 Å². The summed E-state index contributed by atoms with van der Waals surface area (Å²) in [7, 11) is 0. The molecule has 22 heavy (non-hydrogen) atoms. The highest BCUT2D eigenvalue weighted by Gasteiger charge is 2.15. The highest BCUT2D eigenvalue weighted by molar-refractivity contribution is 7.10. The normalized spacial score (nSPS) is 12.5. The number of thiophene rings is 2. The minimum atomic E-state index is -0.0953. The average molecular weight is 329 g/mol. The second kappa shape index (κ2) is 7.20. The lowest BCUT2D eigenvalue weighted by molar-refractivity contribution is -0.116. The molecule has 112 valence electrons. The van der Waals surface area contributed by atoms with Gasteiger partial charge in [0.05, 0.1) is 0 Å². The Kier molecular flexibility index (Phi) is 4.82. The molecule has 1 unspecified atom stereocenters. The van der Waals surface area contributed by atoms with Crippen molar-refractivity contribution in [1.29, 1.82) is 0 Å². The quantitative estimate of drug-likeness (QED) is 0.704. The maximum Gasteiger partial charge on any atom is 0.244 e. The lowest BCUT2D eigenvalue weighted by atomic mass is 10.2. The lowest BCUT2D eigenvalue weighted by Crippen LogP contribution is -2.30. The van der Waals surface area contributed by atoms with Gasteiger partial charge in [0.1, 0.15) is 6.04 Å². The van der Waals surface area contributed by atoms with E-state index in [9.17, 15) is 4.79 Å². The molecule has 1 amide bonds. The number of hydrogen-bond donors (Lipinski definition) is 1. The maximum absolute atomic E-state index is 12.0. The first-order valence-electron chi connectivity index (χ1n) is 6.85. The molecule has 0 aliphatic carbocycles. The van der Waals surface area contributed by atoms with Crippen molar-refractivity contribution in [2.75, 3.05) is 6.54 Å². The third-order valence-electron chi connectivity index (χ3n) is 3.13. The Balaban J connectivity index is 1.63. The van der Waals surface area contributed by atoms with Crippen LogP contribution in [-0.2, 0) is 4.79 Å². The molecule has 0 radical (unpaired) electrons. The van der Waals surface area contributed by atoms with Gasteiger partial charge in [0.15, 0.2) is 0 Å². The molecular formula is C16H15N3OS2. The smallest absolute Gasteiger partial charge is 0.244 e. The van der Waals surface area contributed by atoms with E-state index in [1.807, 2.05) is 52.0 Å². The molecule has 0 aliphatic rings. The van der Waals surface area contributed by atoms with Gasteiger partial charge in [0.25, 0.3) is 0 Å². The van der Waals surface area contributed by atoms with E-state index >= 15 is 0 Å². The van der Waals surface area contributed by atoms with E-state index < -0.39 is 0 Å². The summed E-state index contributed by atoms with van der Waals surface area (Å²) in [5.41, 5.74) is 0. The zero-order chi connectivity index (χ0) is 15.2. The number of nitrogens with zero attached hydrogens (tertiary/aromatic N) is 2.